The summed E-state index contributed by atoms with van der Waals surface area (Å²) in [6.45, 7) is 14.8. The Morgan fingerprint density at radius 2 is 1.95 bits per heavy atom. The predicted molar refractivity (Wildman–Crippen MR) is 85.5 cm³/mol. The third-order valence-electron chi connectivity index (χ3n) is 4.47. The van der Waals surface area contributed by atoms with Gasteiger partial charge < -0.3 is 4.90 Å². The summed E-state index contributed by atoms with van der Waals surface area (Å²) in [5.74, 6) is 0.841. The molecule has 1 saturated heterocycles. The summed E-state index contributed by atoms with van der Waals surface area (Å²) < 4.78 is 0. The zero-order valence-corrected chi connectivity index (χ0v) is 14.1. The van der Waals surface area contributed by atoms with E-state index in [0.29, 0.717) is 11.5 Å². The molecule has 1 fully saturated rings. The minimum Gasteiger partial charge on any atom is -0.303 e. The average molecular weight is 279 g/mol. The van der Waals surface area contributed by atoms with E-state index in [-0.39, 0.29) is 6.04 Å². The Balaban J connectivity index is 2.37. The van der Waals surface area contributed by atoms with E-state index in [2.05, 4.69) is 50.9 Å². The molecule has 1 rings (SSSR count). The normalized spacial score (nSPS) is 23.4. The van der Waals surface area contributed by atoms with Gasteiger partial charge in [0.05, 0.1) is 12.1 Å². The molecule has 1 heterocycles. The van der Waals surface area contributed by atoms with Crippen LogP contribution in [0.3, 0.4) is 0 Å². The Kier molecular flexibility index (Phi) is 6.99. The molecule has 1 aliphatic heterocycles. The van der Waals surface area contributed by atoms with Crippen LogP contribution in [0.2, 0.25) is 0 Å². The molecule has 3 nitrogen and oxygen atoms in total. The van der Waals surface area contributed by atoms with Gasteiger partial charge in [0.25, 0.3) is 0 Å². The van der Waals surface area contributed by atoms with E-state index in [1.54, 1.807) is 0 Å². The molecule has 0 aliphatic carbocycles. The molecule has 116 valence electrons. The van der Waals surface area contributed by atoms with Crippen molar-refractivity contribution >= 4 is 0 Å². The lowest BCUT2D eigenvalue weighted by Crippen LogP contribution is -2.37. The fourth-order valence-corrected chi connectivity index (χ4v) is 3.14. The molecule has 1 N–H and O–H groups in total. The van der Waals surface area contributed by atoms with Crippen molar-refractivity contribution in [1.82, 2.24) is 10.2 Å². The number of hydrogen-bond donors (Lipinski definition) is 1. The Morgan fingerprint density at radius 1 is 1.25 bits per heavy atom. The number of nitrogens with one attached hydrogen (secondary N) is 1. The van der Waals surface area contributed by atoms with Crippen LogP contribution in [0.5, 0.6) is 0 Å². The van der Waals surface area contributed by atoms with Gasteiger partial charge >= 0.3 is 0 Å². The summed E-state index contributed by atoms with van der Waals surface area (Å²) in [4.78, 5) is 2.55. The SMILES string of the molecule is CC(C)NC(C#N)CCN1CCCC(C(C)(C)C)CC1. The third-order valence-corrected chi connectivity index (χ3v) is 4.47. The van der Waals surface area contributed by atoms with Crippen LogP contribution in [0.15, 0.2) is 0 Å². The van der Waals surface area contributed by atoms with Crippen molar-refractivity contribution in [2.75, 3.05) is 19.6 Å². The highest BCUT2D eigenvalue weighted by Gasteiger charge is 2.27. The maximum atomic E-state index is 9.18. The van der Waals surface area contributed by atoms with Gasteiger partial charge in [-0.2, -0.15) is 5.26 Å². The van der Waals surface area contributed by atoms with E-state index in [1.165, 1.54) is 32.4 Å². The van der Waals surface area contributed by atoms with Crippen molar-refractivity contribution in [3.8, 4) is 6.07 Å². The zero-order chi connectivity index (χ0) is 15.2. The first-order valence-corrected chi connectivity index (χ1v) is 8.21. The fraction of sp³-hybridized carbons (Fsp3) is 0.941. The summed E-state index contributed by atoms with van der Waals surface area (Å²) in [6.07, 6.45) is 4.90. The first-order chi connectivity index (χ1) is 9.32. The van der Waals surface area contributed by atoms with Crippen LogP contribution in [-0.2, 0) is 0 Å². The van der Waals surface area contributed by atoms with Gasteiger partial charge in [0.2, 0.25) is 0 Å². The van der Waals surface area contributed by atoms with Crippen LogP contribution in [-0.4, -0.2) is 36.6 Å². The molecule has 0 aromatic rings. The second-order valence-corrected chi connectivity index (χ2v) is 7.63. The minimum atomic E-state index is -0.00309. The van der Waals surface area contributed by atoms with E-state index >= 15 is 0 Å². The maximum absolute atomic E-state index is 9.18. The summed E-state index contributed by atoms with van der Waals surface area (Å²) in [6, 6.07) is 2.76. The first-order valence-electron chi connectivity index (χ1n) is 8.21. The van der Waals surface area contributed by atoms with E-state index in [9.17, 15) is 5.26 Å². The van der Waals surface area contributed by atoms with Gasteiger partial charge in [0.1, 0.15) is 0 Å². The van der Waals surface area contributed by atoms with E-state index < -0.39 is 0 Å². The summed E-state index contributed by atoms with van der Waals surface area (Å²) >= 11 is 0. The van der Waals surface area contributed by atoms with Crippen molar-refractivity contribution in [3.05, 3.63) is 0 Å². The highest BCUT2D eigenvalue weighted by molar-refractivity contribution is 4.91. The van der Waals surface area contributed by atoms with Crippen molar-refractivity contribution in [2.45, 2.75) is 72.4 Å². The van der Waals surface area contributed by atoms with Crippen molar-refractivity contribution < 1.29 is 0 Å². The van der Waals surface area contributed by atoms with Crippen molar-refractivity contribution in [3.63, 3.8) is 0 Å². The average Bonchev–Trinajstić information content (AvgIpc) is 2.58. The molecular formula is C17H33N3. The maximum Gasteiger partial charge on any atom is 0.0967 e. The van der Waals surface area contributed by atoms with Gasteiger partial charge in [-0.05, 0) is 64.0 Å². The van der Waals surface area contributed by atoms with Crippen molar-refractivity contribution in [2.24, 2.45) is 11.3 Å². The molecule has 2 atom stereocenters. The van der Waals surface area contributed by atoms with E-state index in [4.69, 9.17) is 0 Å². The molecule has 2 unspecified atom stereocenters. The summed E-state index contributed by atoms with van der Waals surface area (Å²) in [5, 5.41) is 12.5. The number of likely N-dealkylation sites (tertiary alicyclic amines) is 1. The third kappa shape index (κ3) is 6.24. The van der Waals surface area contributed by atoms with E-state index in [1.807, 2.05) is 0 Å². The second kappa shape index (κ2) is 8.00. The summed E-state index contributed by atoms with van der Waals surface area (Å²) in [7, 11) is 0. The molecular weight excluding hydrogens is 246 g/mol. The standard InChI is InChI=1S/C17H33N3/c1-14(2)19-16(13-18)9-12-20-10-6-7-15(8-11-20)17(3,4)5/h14-16,19H,6-12H2,1-5H3. The van der Waals surface area contributed by atoms with Gasteiger partial charge in [0.15, 0.2) is 0 Å². The molecule has 1 aliphatic rings. The molecule has 0 amide bonds. The van der Waals surface area contributed by atoms with Crippen LogP contribution in [0.1, 0.15) is 60.3 Å². The Bertz CT molecular complexity index is 311. The minimum absolute atomic E-state index is 0.00309. The largest absolute Gasteiger partial charge is 0.303 e. The predicted octanol–water partition coefficient (Wildman–Crippen LogP) is 3.41. The lowest BCUT2D eigenvalue weighted by atomic mass is 9.77. The fourth-order valence-electron chi connectivity index (χ4n) is 3.14. The van der Waals surface area contributed by atoms with Crippen LogP contribution >= 0.6 is 0 Å². The Labute approximate surface area is 125 Å². The number of hydrogen-bond acceptors (Lipinski definition) is 3. The van der Waals surface area contributed by atoms with Crippen molar-refractivity contribution in [1.29, 1.82) is 5.26 Å². The molecule has 0 aromatic carbocycles. The number of nitrogens with zero attached hydrogens (tertiary/aromatic N) is 2. The monoisotopic (exact) mass is 279 g/mol. The number of rotatable bonds is 5. The second-order valence-electron chi connectivity index (χ2n) is 7.63. The quantitative estimate of drug-likeness (QED) is 0.838. The number of nitriles is 1. The van der Waals surface area contributed by atoms with Crippen LogP contribution < -0.4 is 5.32 Å². The van der Waals surface area contributed by atoms with Gasteiger partial charge in [-0.15, -0.1) is 0 Å². The van der Waals surface area contributed by atoms with Gasteiger partial charge in [-0.1, -0.05) is 20.8 Å². The van der Waals surface area contributed by atoms with Crippen LogP contribution in [0, 0.1) is 22.7 Å². The lowest BCUT2D eigenvalue weighted by Gasteiger charge is -2.30. The molecule has 0 aromatic heterocycles. The molecule has 3 heteroatoms. The topological polar surface area (TPSA) is 39.1 Å². The highest BCUT2D eigenvalue weighted by Crippen LogP contribution is 2.34. The zero-order valence-electron chi connectivity index (χ0n) is 14.1. The van der Waals surface area contributed by atoms with Crippen LogP contribution in [0.25, 0.3) is 0 Å². The Morgan fingerprint density at radius 3 is 2.50 bits per heavy atom. The van der Waals surface area contributed by atoms with Gasteiger partial charge in [0, 0.05) is 12.6 Å². The van der Waals surface area contributed by atoms with E-state index in [0.717, 1.165) is 18.9 Å². The van der Waals surface area contributed by atoms with Crippen LogP contribution in [0.4, 0.5) is 0 Å². The molecule has 20 heavy (non-hydrogen) atoms. The molecule has 0 saturated carbocycles. The molecule has 0 bridgehead atoms. The van der Waals surface area contributed by atoms with Gasteiger partial charge in [-0.3, -0.25) is 5.32 Å². The Hall–Kier alpha value is -0.590. The molecule has 0 spiro atoms. The first kappa shape index (κ1) is 17.5. The lowest BCUT2D eigenvalue weighted by molar-refractivity contribution is 0.206. The summed E-state index contributed by atoms with van der Waals surface area (Å²) in [5.41, 5.74) is 0.435. The smallest absolute Gasteiger partial charge is 0.0967 e. The highest BCUT2D eigenvalue weighted by atomic mass is 15.1. The van der Waals surface area contributed by atoms with Gasteiger partial charge in [-0.25, -0.2) is 0 Å². The molecule has 0 radical (unpaired) electrons.